The Labute approximate surface area is 111 Å². The fourth-order valence-electron chi connectivity index (χ4n) is 1.20. The number of anilines is 1. The predicted octanol–water partition coefficient (Wildman–Crippen LogP) is 2.37. The number of H-pyrrole nitrogens is 1. The molecule has 0 unspecified atom stereocenters. The predicted molar refractivity (Wildman–Crippen MR) is 66.6 cm³/mol. The zero-order chi connectivity index (χ0) is 13.1. The summed E-state index contributed by atoms with van der Waals surface area (Å²) in [5, 5.41) is 15.6. The first-order valence-electron chi connectivity index (χ1n) is 4.69. The summed E-state index contributed by atoms with van der Waals surface area (Å²) in [5.41, 5.74) is 4.90. The van der Waals surface area contributed by atoms with E-state index in [2.05, 4.69) is 20.6 Å². The SMILES string of the molecule is O=C(O)NNc1n[nH]c(-c2ccc(Cl)c(Cl)c2)n1. The Bertz CT molecular complexity index is 586. The second-order valence-electron chi connectivity index (χ2n) is 3.19. The maximum atomic E-state index is 10.3. The largest absolute Gasteiger partial charge is 0.464 e. The first-order chi connectivity index (χ1) is 8.56. The van der Waals surface area contributed by atoms with Crippen molar-refractivity contribution in [1.82, 2.24) is 20.6 Å². The average molecular weight is 288 g/mol. The fourth-order valence-corrected chi connectivity index (χ4v) is 1.50. The normalized spacial score (nSPS) is 10.1. The first kappa shape index (κ1) is 12.5. The maximum absolute atomic E-state index is 10.3. The highest BCUT2D eigenvalue weighted by molar-refractivity contribution is 6.42. The summed E-state index contributed by atoms with van der Waals surface area (Å²) in [5.74, 6) is 0.529. The second kappa shape index (κ2) is 5.11. The van der Waals surface area contributed by atoms with Gasteiger partial charge < -0.3 is 5.11 Å². The third kappa shape index (κ3) is 2.82. The van der Waals surface area contributed by atoms with Gasteiger partial charge in [0.05, 0.1) is 10.0 Å². The summed E-state index contributed by atoms with van der Waals surface area (Å²) in [7, 11) is 0. The van der Waals surface area contributed by atoms with Gasteiger partial charge in [0.25, 0.3) is 5.95 Å². The van der Waals surface area contributed by atoms with Crippen LogP contribution in [-0.4, -0.2) is 26.4 Å². The molecule has 0 spiro atoms. The van der Waals surface area contributed by atoms with Crippen molar-refractivity contribution >= 4 is 35.2 Å². The maximum Gasteiger partial charge on any atom is 0.423 e. The Morgan fingerprint density at radius 3 is 2.78 bits per heavy atom. The first-order valence-corrected chi connectivity index (χ1v) is 5.44. The van der Waals surface area contributed by atoms with Crippen LogP contribution in [0.5, 0.6) is 0 Å². The number of hydrazine groups is 1. The molecule has 94 valence electrons. The molecule has 1 aromatic carbocycles. The van der Waals surface area contributed by atoms with E-state index in [0.29, 0.717) is 21.4 Å². The third-order valence-corrected chi connectivity index (χ3v) is 2.70. The number of benzene rings is 1. The molecule has 7 nitrogen and oxygen atoms in total. The highest BCUT2D eigenvalue weighted by Gasteiger charge is 2.07. The van der Waals surface area contributed by atoms with Gasteiger partial charge in [0.2, 0.25) is 0 Å². The van der Waals surface area contributed by atoms with E-state index in [1.54, 1.807) is 18.2 Å². The zero-order valence-electron chi connectivity index (χ0n) is 8.74. The van der Waals surface area contributed by atoms with Crippen LogP contribution in [0, 0.1) is 0 Å². The Morgan fingerprint density at radius 1 is 1.33 bits per heavy atom. The number of hydrogen-bond donors (Lipinski definition) is 4. The number of rotatable bonds is 3. The van der Waals surface area contributed by atoms with E-state index in [1.807, 2.05) is 5.43 Å². The number of carboxylic acid groups (broad SMARTS) is 1. The van der Waals surface area contributed by atoms with Crippen molar-refractivity contribution in [2.24, 2.45) is 0 Å². The number of aromatic nitrogens is 3. The van der Waals surface area contributed by atoms with E-state index in [4.69, 9.17) is 28.3 Å². The Hall–Kier alpha value is -1.99. The molecule has 1 aromatic heterocycles. The van der Waals surface area contributed by atoms with Crippen molar-refractivity contribution in [2.75, 3.05) is 5.43 Å². The average Bonchev–Trinajstić information content (AvgIpc) is 2.79. The van der Waals surface area contributed by atoms with Gasteiger partial charge in [0.1, 0.15) is 0 Å². The van der Waals surface area contributed by atoms with Crippen molar-refractivity contribution in [3.63, 3.8) is 0 Å². The smallest absolute Gasteiger partial charge is 0.423 e. The Balaban J connectivity index is 2.18. The molecule has 2 rings (SSSR count). The van der Waals surface area contributed by atoms with Crippen molar-refractivity contribution in [1.29, 1.82) is 0 Å². The fraction of sp³-hybridized carbons (Fsp3) is 0. The standard InChI is InChI=1S/C9H7Cl2N5O2/c10-5-2-1-4(3-6(5)11)7-12-8(14-13-7)15-16-9(17)18/h1-3,16H,(H,17,18)(H2,12,13,14,15). The molecule has 0 aliphatic heterocycles. The topological polar surface area (TPSA) is 103 Å². The molecule has 0 bridgehead atoms. The van der Waals surface area contributed by atoms with E-state index in [9.17, 15) is 4.79 Å². The van der Waals surface area contributed by atoms with Crippen LogP contribution >= 0.6 is 23.2 Å². The molecule has 1 amide bonds. The van der Waals surface area contributed by atoms with Crippen LogP contribution in [0.25, 0.3) is 11.4 Å². The van der Waals surface area contributed by atoms with Crippen molar-refractivity contribution in [2.45, 2.75) is 0 Å². The van der Waals surface area contributed by atoms with Gasteiger partial charge in [-0.05, 0) is 18.2 Å². The van der Waals surface area contributed by atoms with Crippen LogP contribution in [0.1, 0.15) is 0 Å². The minimum absolute atomic E-state index is 0.0958. The van der Waals surface area contributed by atoms with E-state index in [-0.39, 0.29) is 5.95 Å². The van der Waals surface area contributed by atoms with Crippen LogP contribution < -0.4 is 10.9 Å². The molecule has 2 aromatic rings. The lowest BCUT2D eigenvalue weighted by molar-refractivity contribution is 0.196. The van der Waals surface area contributed by atoms with Crippen LogP contribution in [0.2, 0.25) is 10.0 Å². The van der Waals surface area contributed by atoms with E-state index in [0.717, 1.165) is 0 Å². The molecular formula is C9H7Cl2N5O2. The van der Waals surface area contributed by atoms with Gasteiger partial charge in [0.15, 0.2) is 5.82 Å². The molecule has 0 fully saturated rings. The van der Waals surface area contributed by atoms with Gasteiger partial charge >= 0.3 is 6.09 Å². The van der Waals surface area contributed by atoms with Crippen LogP contribution in [0.3, 0.4) is 0 Å². The summed E-state index contributed by atoms with van der Waals surface area (Å²) in [4.78, 5) is 14.3. The van der Waals surface area contributed by atoms with Gasteiger partial charge in [0, 0.05) is 5.56 Å². The number of carbonyl (C=O) groups is 1. The summed E-state index contributed by atoms with van der Waals surface area (Å²) >= 11 is 11.7. The molecule has 4 N–H and O–H groups in total. The Morgan fingerprint density at radius 2 is 2.11 bits per heavy atom. The van der Waals surface area contributed by atoms with Crippen molar-refractivity contribution in [3.8, 4) is 11.4 Å². The monoisotopic (exact) mass is 287 g/mol. The number of nitrogens with zero attached hydrogens (tertiary/aromatic N) is 2. The summed E-state index contributed by atoms with van der Waals surface area (Å²) in [6.45, 7) is 0. The van der Waals surface area contributed by atoms with E-state index < -0.39 is 6.09 Å². The summed E-state index contributed by atoms with van der Waals surface area (Å²) < 4.78 is 0. The minimum atomic E-state index is -1.24. The van der Waals surface area contributed by atoms with Gasteiger partial charge in [-0.15, -0.1) is 5.10 Å². The van der Waals surface area contributed by atoms with Crippen LogP contribution in [0.15, 0.2) is 18.2 Å². The molecular weight excluding hydrogens is 281 g/mol. The quantitative estimate of drug-likeness (QED) is 0.649. The van der Waals surface area contributed by atoms with E-state index >= 15 is 0 Å². The lowest BCUT2D eigenvalue weighted by Gasteiger charge is -1.99. The molecule has 0 radical (unpaired) electrons. The number of hydrogen-bond acceptors (Lipinski definition) is 4. The van der Waals surface area contributed by atoms with Crippen LogP contribution in [-0.2, 0) is 0 Å². The third-order valence-electron chi connectivity index (χ3n) is 1.96. The number of nitrogens with one attached hydrogen (secondary N) is 3. The number of aromatic amines is 1. The van der Waals surface area contributed by atoms with Gasteiger partial charge in [-0.3, -0.25) is 10.5 Å². The second-order valence-corrected chi connectivity index (χ2v) is 4.01. The van der Waals surface area contributed by atoms with Crippen LogP contribution in [0.4, 0.5) is 10.7 Å². The molecule has 0 saturated heterocycles. The highest BCUT2D eigenvalue weighted by atomic mass is 35.5. The highest BCUT2D eigenvalue weighted by Crippen LogP contribution is 2.26. The molecule has 9 heteroatoms. The summed E-state index contributed by atoms with van der Waals surface area (Å²) in [6.07, 6.45) is -1.24. The summed E-state index contributed by atoms with van der Waals surface area (Å²) in [6, 6.07) is 4.96. The zero-order valence-corrected chi connectivity index (χ0v) is 10.2. The number of amides is 1. The van der Waals surface area contributed by atoms with Crippen molar-refractivity contribution < 1.29 is 9.90 Å². The molecule has 0 saturated carbocycles. The molecule has 18 heavy (non-hydrogen) atoms. The Kier molecular flexibility index (Phi) is 3.54. The van der Waals surface area contributed by atoms with E-state index in [1.165, 1.54) is 0 Å². The minimum Gasteiger partial charge on any atom is -0.464 e. The molecule has 0 aliphatic carbocycles. The molecule has 0 aliphatic rings. The van der Waals surface area contributed by atoms with Crippen molar-refractivity contribution in [3.05, 3.63) is 28.2 Å². The molecule has 1 heterocycles. The lowest BCUT2D eigenvalue weighted by atomic mass is 10.2. The van der Waals surface area contributed by atoms with Gasteiger partial charge in [-0.1, -0.05) is 23.2 Å². The number of halogens is 2. The molecule has 0 atom stereocenters. The lowest BCUT2D eigenvalue weighted by Crippen LogP contribution is -2.27. The van der Waals surface area contributed by atoms with Gasteiger partial charge in [-0.25, -0.2) is 10.2 Å². The van der Waals surface area contributed by atoms with Gasteiger partial charge in [-0.2, -0.15) is 4.98 Å².